The summed E-state index contributed by atoms with van der Waals surface area (Å²) in [5.41, 5.74) is 4.03. The summed E-state index contributed by atoms with van der Waals surface area (Å²) < 4.78 is 1.84. The van der Waals surface area contributed by atoms with Crippen molar-refractivity contribution in [1.82, 2.24) is 4.57 Å². The molecule has 19 heavy (non-hydrogen) atoms. The van der Waals surface area contributed by atoms with Gasteiger partial charge in [-0.3, -0.25) is 0 Å². The highest BCUT2D eigenvalue weighted by molar-refractivity contribution is 5.69. The van der Waals surface area contributed by atoms with Gasteiger partial charge in [0, 0.05) is 33.9 Å². The van der Waals surface area contributed by atoms with Crippen LogP contribution in [0.4, 0.5) is 11.4 Å². The molecule has 1 aromatic heterocycles. The monoisotopic (exact) mass is 254 g/mol. The molecule has 1 N–H and O–H groups in total. The second kappa shape index (κ2) is 5.49. The third-order valence-corrected chi connectivity index (χ3v) is 3.04. The van der Waals surface area contributed by atoms with E-state index in [0.29, 0.717) is 12.2 Å². The molecule has 98 valence electrons. The molecular formula is C15H18N4. The Morgan fingerprint density at radius 2 is 2.05 bits per heavy atom. The minimum absolute atomic E-state index is 0.678. The molecule has 0 aliphatic rings. The number of aromatic nitrogens is 1. The number of hydrogen-bond acceptors (Lipinski definition) is 3. The van der Waals surface area contributed by atoms with Crippen LogP contribution in [-0.4, -0.2) is 18.7 Å². The van der Waals surface area contributed by atoms with Crippen LogP contribution < -0.4 is 10.2 Å². The number of benzene rings is 1. The van der Waals surface area contributed by atoms with Crippen LogP contribution in [0.1, 0.15) is 11.3 Å². The SMILES string of the molecule is CN(C)c1ccccc1NCc1cc(C#N)n(C)c1. The first-order valence-corrected chi connectivity index (χ1v) is 6.17. The maximum Gasteiger partial charge on any atom is 0.120 e. The zero-order valence-corrected chi connectivity index (χ0v) is 11.5. The van der Waals surface area contributed by atoms with Crippen molar-refractivity contribution in [2.24, 2.45) is 7.05 Å². The highest BCUT2D eigenvalue weighted by Crippen LogP contribution is 2.24. The van der Waals surface area contributed by atoms with Crippen LogP contribution in [0.15, 0.2) is 36.5 Å². The molecule has 1 heterocycles. The Morgan fingerprint density at radius 1 is 1.32 bits per heavy atom. The lowest BCUT2D eigenvalue weighted by Crippen LogP contribution is -2.11. The number of rotatable bonds is 4. The fraction of sp³-hybridized carbons (Fsp3) is 0.267. The second-order valence-electron chi connectivity index (χ2n) is 4.72. The molecule has 2 rings (SSSR count). The molecule has 0 amide bonds. The molecule has 0 saturated carbocycles. The van der Waals surface area contributed by atoms with Crippen molar-refractivity contribution in [3.8, 4) is 6.07 Å². The van der Waals surface area contributed by atoms with Crippen LogP contribution in [0.5, 0.6) is 0 Å². The van der Waals surface area contributed by atoms with Crippen molar-refractivity contribution in [2.75, 3.05) is 24.3 Å². The standard InChI is InChI=1S/C15H18N4/c1-18(2)15-7-5-4-6-14(15)17-10-12-8-13(9-16)19(3)11-12/h4-8,11,17H,10H2,1-3H3. The molecule has 1 aromatic carbocycles. The van der Waals surface area contributed by atoms with Gasteiger partial charge in [-0.25, -0.2) is 0 Å². The van der Waals surface area contributed by atoms with E-state index >= 15 is 0 Å². The lowest BCUT2D eigenvalue weighted by atomic mass is 10.2. The van der Waals surface area contributed by atoms with Gasteiger partial charge in [-0.15, -0.1) is 0 Å². The van der Waals surface area contributed by atoms with E-state index in [9.17, 15) is 0 Å². The highest BCUT2D eigenvalue weighted by atomic mass is 15.1. The number of para-hydroxylation sites is 2. The Kier molecular flexibility index (Phi) is 3.76. The van der Waals surface area contributed by atoms with Gasteiger partial charge >= 0.3 is 0 Å². The van der Waals surface area contributed by atoms with Crippen molar-refractivity contribution in [3.63, 3.8) is 0 Å². The summed E-state index contributed by atoms with van der Waals surface area (Å²) in [6, 6.07) is 12.3. The summed E-state index contributed by atoms with van der Waals surface area (Å²) in [5, 5.41) is 12.3. The van der Waals surface area contributed by atoms with Crippen molar-refractivity contribution < 1.29 is 0 Å². The fourth-order valence-electron chi connectivity index (χ4n) is 2.05. The van der Waals surface area contributed by atoms with Crippen molar-refractivity contribution in [2.45, 2.75) is 6.54 Å². The topological polar surface area (TPSA) is 44.0 Å². The van der Waals surface area contributed by atoms with E-state index in [2.05, 4.69) is 28.4 Å². The number of nitrogens with zero attached hydrogens (tertiary/aromatic N) is 3. The second-order valence-corrected chi connectivity index (χ2v) is 4.72. The highest BCUT2D eigenvalue weighted by Gasteiger charge is 2.05. The summed E-state index contributed by atoms with van der Waals surface area (Å²) in [4.78, 5) is 2.08. The first kappa shape index (κ1) is 13.0. The Hall–Kier alpha value is -2.41. The van der Waals surface area contributed by atoms with E-state index in [1.165, 1.54) is 0 Å². The average molecular weight is 254 g/mol. The van der Waals surface area contributed by atoms with Gasteiger partial charge in [-0.2, -0.15) is 5.26 Å². The molecule has 0 aliphatic heterocycles. The predicted octanol–water partition coefficient (Wildman–Crippen LogP) is 2.57. The maximum absolute atomic E-state index is 8.94. The van der Waals surface area contributed by atoms with E-state index in [1.54, 1.807) is 0 Å². The van der Waals surface area contributed by atoms with E-state index in [1.807, 2.05) is 50.1 Å². The quantitative estimate of drug-likeness (QED) is 0.912. The third kappa shape index (κ3) is 2.89. The Morgan fingerprint density at radius 3 is 2.68 bits per heavy atom. The van der Waals surface area contributed by atoms with Crippen LogP contribution in [0.2, 0.25) is 0 Å². The Bertz CT molecular complexity index is 605. The number of anilines is 2. The van der Waals surface area contributed by atoms with Gasteiger partial charge in [-0.1, -0.05) is 12.1 Å². The minimum Gasteiger partial charge on any atom is -0.379 e. The summed E-state index contributed by atoms with van der Waals surface area (Å²) in [5.74, 6) is 0. The smallest absolute Gasteiger partial charge is 0.120 e. The molecule has 0 unspecified atom stereocenters. The van der Waals surface area contributed by atoms with Crippen LogP contribution in [0.3, 0.4) is 0 Å². The predicted molar refractivity (Wildman–Crippen MR) is 78.2 cm³/mol. The molecule has 2 aromatic rings. The van der Waals surface area contributed by atoms with Crippen molar-refractivity contribution in [1.29, 1.82) is 5.26 Å². The average Bonchev–Trinajstić information content (AvgIpc) is 2.77. The molecular weight excluding hydrogens is 236 g/mol. The molecule has 0 saturated heterocycles. The lowest BCUT2D eigenvalue weighted by molar-refractivity contribution is 0.902. The van der Waals surface area contributed by atoms with Crippen molar-refractivity contribution in [3.05, 3.63) is 47.8 Å². The van der Waals surface area contributed by atoms with E-state index in [-0.39, 0.29) is 0 Å². The van der Waals surface area contributed by atoms with Gasteiger partial charge in [0.2, 0.25) is 0 Å². The molecule has 0 bridgehead atoms. The fourth-order valence-corrected chi connectivity index (χ4v) is 2.05. The minimum atomic E-state index is 0.678. The van der Waals surface area contributed by atoms with Gasteiger partial charge in [0.05, 0.1) is 11.4 Å². The Labute approximate surface area is 113 Å². The number of nitriles is 1. The Balaban J connectivity index is 2.12. The van der Waals surface area contributed by atoms with Gasteiger partial charge < -0.3 is 14.8 Å². The first-order chi connectivity index (χ1) is 9.11. The third-order valence-electron chi connectivity index (χ3n) is 3.04. The van der Waals surface area contributed by atoms with E-state index in [0.717, 1.165) is 16.9 Å². The molecule has 0 spiro atoms. The van der Waals surface area contributed by atoms with Crippen LogP contribution >= 0.6 is 0 Å². The molecule has 0 atom stereocenters. The van der Waals surface area contributed by atoms with Gasteiger partial charge in [0.1, 0.15) is 11.8 Å². The molecule has 0 aliphatic carbocycles. The zero-order valence-electron chi connectivity index (χ0n) is 11.5. The summed E-state index contributed by atoms with van der Waals surface area (Å²) in [7, 11) is 5.93. The largest absolute Gasteiger partial charge is 0.379 e. The van der Waals surface area contributed by atoms with Crippen LogP contribution in [0, 0.1) is 11.3 Å². The number of aryl methyl sites for hydroxylation is 1. The van der Waals surface area contributed by atoms with Gasteiger partial charge in [0.15, 0.2) is 0 Å². The number of hydrogen-bond donors (Lipinski definition) is 1. The van der Waals surface area contributed by atoms with E-state index < -0.39 is 0 Å². The molecule has 4 heteroatoms. The first-order valence-electron chi connectivity index (χ1n) is 6.17. The van der Waals surface area contributed by atoms with Crippen molar-refractivity contribution >= 4 is 11.4 Å². The normalized spacial score (nSPS) is 10.0. The summed E-state index contributed by atoms with van der Waals surface area (Å²) in [6.07, 6.45) is 1.98. The lowest BCUT2D eigenvalue weighted by Gasteiger charge is -2.18. The molecule has 4 nitrogen and oxygen atoms in total. The van der Waals surface area contributed by atoms with Gasteiger partial charge in [0.25, 0.3) is 0 Å². The maximum atomic E-state index is 8.94. The molecule has 0 fully saturated rings. The number of nitrogens with one attached hydrogen (secondary N) is 1. The van der Waals surface area contributed by atoms with Gasteiger partial charge in [-0.05, 0) is 23.8 Å². The summed E-state index contributed by atoms with van der Waals surface area (Å²) in [6.45, 7) is 0.709. The zero-order chi connectivity index (χ0) is 13.8. The molecule has 0 radical (unpaired) electrons. The van der Waals surface area contributed by atoms with Crippen LogP contribution in [-0.2, 0) is 13.6 Å². The van der Waals surface area contributed by atoms with E-state index in [4.69, 9.17) is 5.26 Å². The van der Waals surface area contributed by atoms with Crippen LogP contribution in [0.25, 0.3) is 0 Å². The summed E-state index contributed by atoms with van der Waals surface area (Å²) >= 11 is 0.